The molecule has 0 spiro atoms. The van der Waals surface area contributed by atoms with Crippen molar-refractivity contribution in [3.8, 4) is 17.4 Å². The van der Waals surface area contributed by atoms with E-state index >= 15 is 4.39 Å². The summed E-state index contributed by atoms with van der Waals surface area (Å²) in [7, 11) is 6.14. The van der Waals surface area contributed by atoms with Crippen LogP contribution in [-0.2, 0) is 5.60 Å². The summed E-state index contributed by atoms with van der Waals surface area (Å²) in [5.74, 6) is -3.31. The highest BCUT2D eigenvalue weighted by Crippen LogP contribution is 2.49. The van der Waals surface area contributed by atoms with Crippen molar-refractivity contribution in [2.75, 3.05) is 34.9 Å². The number of fused-ring (bicyclic) bond motifs is 1. The van der Waals surface area contributed by atoms with Gasteiger partial charge >= 0.3 is 6.36 Å². The number of alkyl halides is 3. The Morgan fingerprint density at radius 2 is 1.63 bits per heavy atom. The van der Waals surface area contributed by atoms with Crippen molar-refractivity contribution in [3.63, 3.8) is 0 Å². The van der Waals surface area contributed by atoms with Crippen LogP contribution in [0.4, 0.5) is 22.0 Å². The number of halogens is 5. The fourth-order valence-electron chi connectivity index (χ4n) is 4.92. The van der Waals surface area contributed by atoms with Gasteiger partial charge in [-0.15, -0.1) is 13.2 Å². The first kappa shape index (κ1) is 30.0. The lowest BCUT2D eigenvalue weighted by Gasteiger charge is -2.39. The van der Waals surface area contributed by atoms with Gasteiger partial charge in [0.2, 0.25) is 5.88 Å². The first-order chi connectivity index (χ1) is 19.4. The van der Waals surface area contributed by atoms with Crippen LogP contribution in [0.3, 0.4) is 0 Å². The Morgan fingerprint density at radius 3 is 2.29 bits per heavy atom. The lowest BCUT2D eigenvalue weighted by atomic mass is 9.71. The second-order valence-corrected chi connectivity index (χ2v) is 9.77. The average Bonchev–Trinajstić information content (AvgIpc) is 2.91. The molecule has 218 valence electrons. The van der Waals surface area contributed by atoms with Gasteiger partial charge < -0.3 is 24.2 Å². The second kappa shape index (κ2) is 11.9. The van der Waals surface area contributed by atoms with Crippen LogP contribution >= 0.6 is 0 Å². The van der Waals surface area contributed by atoms with Gasteiger partial charge in [0.1, 0.15) is 17.2 Å². The first-order valence-electron chi connectivity index (χ1n) is 12.6. The Kier molecular flexibility index (Phi) is 8.69. The summed E-state index contributed by atoms with van der Waals surface area (Å²) < 4.78 is 84.5. The van der Waals surface area contributed by atoms with Crippen molar-refractivity contribution in [2.45, 2.75) is 24.3 Å². The van der Waals surface area contributed by atoms with Crippen LogP contribution in [0.2, 0.25) is 0 Å². The maximum Gasteiger partial charge on any atom is 0.573 e. The first-order valence-corrected chi connectivity index (χ1v) is 12.6. The zero-order chi connectivity index (χ0) is 29.9. The predicted octanol–water partition coefficient (Wildman–Crippen LogP) is 6.40. The lowest BCUT2D eigenvalue weighted by molar-refractivity contribution is -0.274. The molecule has 6 nitrogen and oxygen atoms in total. The molecule has 0 fully saturated rings. The molecule has 11 heteroatoms. The fraction of sp³-hybridized carbons (Fsp3) is 0.300. The lowest BCUT2D eigenvalue weighted by Crippen LogP contribution is -2.38. The zero-order valence-electron chi connectivity index (χ0n) is 22.8. The maximum atomic E-state index is 16.0. The van der Waals surface area contributed by atoms with E-state index in [0.717, 1.165) is 12.1 Å². The number of nitrogens with zero attached hydrogens (tertiary/aromatic N) is 2. The molecule has 0 radical (unpaired) electrons. The molecule has 2 unspecified atom stereocenters. The SMILES string of the molecule is COc1cccc(C(c2cc3cc(F)ccc3nc2OC)C(O)(CCN(C)C)c2cccc(OC(F)(F)F)c2)c1F. The molecule has 3 aromatic carbocycles. The third-order valence-corrected chi connectivity index (χ3v) is 6.78. The highest BCUT2D eigenvalue weighted by atomic mass is 19.4. The van der Waals surface area contributed by atoms with Gasteiger partial charge in [0.25, 0.3) is 0 Å². The third-order valence-electron chi connectivity index (χ3n) is 6.78. The standard InChI is InChI=1S/C30H29F5N2O4/c1-37(2)14-13-29(38,19-7-5-8-21(17-19)41-30(33,34)35)26(22-9-6-10-25(39-3)27(22)32)23-16-18-15-20(31)11-12-24(18)36-28(23)40-4/h5-12,15-17,26,38H,13-14H2,1-4H3. The number of ether oxygens (including phenoxy) is 3. The summed E-state index contributed by atoms with van der Waals surface area (Å²) in [4.78, 5) is 6.25. The van der Waals surface area contributed by atoms with E-state index in [2.05, 4.69) is 9.72 Å². The van der Waals surface area contributed by atoms with Gasteiger partial charge in [-0.2, -0.15) is 0 Å². The molecule has 4 aromatic rings. The average molecular weight is 577 g/mol. The molecule has 4 rings (SSSR count). The summed E-state index contributed by atoms with van der Waals surface area (Å²) in [6.07, 6.45) is -5.05. The summed E-state index contributed by atoms with van der Waals surface area (Å²) in [5, 5.41) is 13.0. The van der Waals surface area contributed by atoms with Crippen LogP contribution in [0.15, 0.2) is 66.7 Å². The van der Waals surface area contributed by atoms with Crippen molar-refractivity contribution in [2.24, 2.45) is 0 Å². The van der Waals surface area contributed by atoms with Crippen molar-refractivity contribution in [1.29, 1.82) is 0 Å². The zero-order valence-corrected chi connectivity index (χ0v) is 22.8. The fourth-order valence-corrected chi connectivity index (χ4v) is 4.92. The van der Waals surface area contributed by atoms with Gasteiger partial charge in [0, 0.05) is 23.1 Å². The molecule has 0 amide bonds. The molecule has 41 heavy (non-hydrogen) atoms. The molecular weight excluding hydrogens is 547 g/mol. The van der Waals surface area contributed by atoms with E-state index in [0.29, 0.717) is 10.9 Å². The molecule has 2 atom stereocenters. The van der Waals surface area contributed by atoms with Crippen LogP contribution in [0.5, 0.6) is 17.4 Å². The monoisotopic (exact) mass is 576 g/mol. The van der Waals surface area contributed by atoms with Crippen LogP contribution in [0.25, 0.3) is 10.9 Å². The van der Waals surface area contributed by atoms with Gasteiger partial charge in [0.15, 0.2) is 11.6 Å². The molecule has 0 saturated carbocycles. The Balaban J connectivity index is 2.07. The van der Waals surface area contributed by atoms with Gasteiger partial charge in [0.05, 0.1) is 25.7 Å². The minimum atomic E-state index is -4.98. The summed E-state index contributed by atoms with van der Waals surface area (Å²) in [6.45, 7) is 0.251. The Hall–Kier alpha value is -3.96. The normalized spacial score (nSPS) is 14.1. The molecule has 1 heterocycles. The predicted molar refractivity (Wildman–Crippen MR) is 143 cm³/mol. The van der Waals surface area contributed by atoms with Crippen molar-refractivity contribution < 1.29 is 41.3 Å². The largest absolute Gasteiger partial charge is 0.573 e. The van der Waals surface area contributed by atoms with Crippen LogP contribution in [0, 0.1) is 11.6 Å². The van der Waals surface area contributed by atoms with Gasteiger partial charge in [-0.3, -0.25) is 0 Å². The number of hydrogen-bond donors (Lipinski definition) is 1. The van der Waals surface area contributed by atoms with Gasteiger partial charge in [-0.25, -0.2) is 13.8 Å². The number of benzene rings is 3. The minimum Gasteiger partial charge on any atom is -0.494 e. The molecule has 1 aromatic heterocycles. The number of methoxy groups -OCH3 is 2. The van der Waals surface area contributed by atoms with E-state index in [4.69, 9.17) is 9.47 Å². The van der Waals surface area contributed by atoms with E-state index in [1.54, 1.807) is 19.0 Å². The van der Waals surface area contributed by atoms with Crippen molar-refractivity contribution in [1.82, 2.24) is 9.88 Å². The number of aromatic nitrogens is 1. The number of rotatable bonds is 10. The van der Waals surface area contributed by atoms with Gasteiger partial charge in [-0.05, 0) is 68.5 Å². The second-order valence-electron chi connectivity index (χ2n) is 9.77. The summed E-state index contributed by atoms with van der Waals surface area (Å²) in [6, 6.07) is 14.7. The third kappa shape index (κ3) is 6.52. The summed E-state index contributed by atoms with van der Waals surface area (Å²) >= 11 is 0. The summed E-state index contributed by atoms with van der Waals surface area (Å²) in [5.41, 5.74) is -1.51. The Morgan fingerprint density at radius 1 is 0.902 bits per heavy atom. The Labute approximate surface area is 233 Å². The topological polar surface area (TPSA) is 64.0 Å². The van der Waals surface area contributed by atoms with Crippen molar-refractivity contribution in [3.05, 3.63) is 95.1 Å². The van der Waals surface area contributed by atoms with Crippen LogP contribution in [-0.4, -0.2) is 56.2 Å². The molecule has 0 bridgehead atoms. The van der Waals surface area contributed by atoms with E-state index < -0.39 is 35.3 Å². The van der Waals surface area contributed by atoms with Crippen molar-refractivity contribution >= 4 is 10.9 Å². The quantitative estimate of drug-likeness (QED) is 0.221. The van der Waals surface area contributed by atoms with E-state index in [1.165, 1.54) is 68.8 Å². The number of pyridine rings is 1. The smallest absolute Gasteiger partial charge is 0.494 e. The van der Waals surface area contributed by atoms with E-state index in [1.807, 2.05) is 0 Å². The molecule has 0 saturated heterocycles. The molecular formula is C30H29F5N2O4. The van der Waals surface area contributed by atoms with E-state index in [9.17, 15) is 22.7 Å². The van der Waals surface area contributed by atoms with E-state index in [-0.39, 0.29) is 41.3 Å². The molecule has 0 aliphatic carbocycles. The highest BCUT2D eigenvalue weighted by molar-refractivity contribution is 5.80. The minimum absolute atomic E-state index is 0.0160. The molecule has 1 N–H and O–H groups in total. The van der Waals surface area contributed by atoms with Gasteiger partial charge in [-0.1, -0.05) is 24.3 Å². The number of aliphatic hydroxyl groups is 1. The number of hydrogen-bond acceptors (Lipinski definition) is 6. The Bertz CT molecular complexity index is 1530. The molecule has 0 aliphatic rings. The highest BCUT2D eigenvalue weighted by Gasteiger charge is 2.44. The molecule has 0 aliphatic heterocycles. The maximum absolute atomic E-state index is 16.0. The van der Waals surface area contributed by atoms with Crippen LogP contribution < -0.4 is 14.2 Å². The van der Waals surface area contributed by atoms with Crippen LogP contribution in [0.1, 0.15) is 29.0 Å².